The predicted octanol–water partition coefficient (Wildman–Crippen LogP) is 2.19. The van der Waals surface area contributed by atoms with Gasteiger partial charge in [-0.3, -0.25) is 4.79 Å². The van der Waals surface area contributed by atoms with E-state index in [-0.39, 0.29) is 18.5 Å². The smallest absolute Gasteiger partial charge is 0.318 e. The third-order valence-corrected chi connectivity index (χ3v) is 4.84. The van der Waals surface area contributed by atoms with Gasteiger partial charge in [0, 0.05) is 36.1 Å². The first-order valence-corrected chi connectivity index (χ1v) is 9.11. The number of hydrogen-bond acceptors (Lipinski definition) is 3. The maximum atomic E-state index is 12.4. The zero-order valence-corrected chi connectivity index (χ0v) is 15.0. The molecule has 1 aliphatic heterocycles. The number of furan rings is 1. The van der Waals surface area contributed by atoms with E-state index in [0.29, 0.717) is 26.1 Å². The van der Waals surface area contributed by atoms with E-state index in [2.05, 4.69) is 21.7 Å². The number of amides is 3. The topological polar surface area (TPSA) is 90.4 Å². The first-order valence-electron chi connectivity index (χ1n) is 9.11. The standard InChI is InChI=1S/C20H22N4O3/c25-19(21-9-7-14-4-3-11-27-14)12-22-20(26)24-10-8-16-15-5-1-2-6-17(15)23-18(16)13-24/h1-6,11,23H,7-10,12-13H2,(H,21,25)(H,22,26). The fourth-order valence-electron chi connectivity index (χ4n) is 3.48. The van der Waals surface area contributed by atoms with Crippen LogP contribution in [0.2, 0.25) is 0 Å². The third-order valence-electron chi connectivity index (χ3n) is 4.84. The number of nitrogens with zero attached hydrogens (tertiary/aromatic N) is 1. The lowest BCUT2D eigenvalue weighted by Crippen LogP contribution is -2.46. The van der Waals surface area contributed by atoms with Crippen LogP contribution in [-0.4, -0.2) is 41.5 Å². The molecule has 1 aliphatic rings. The average molecular weight is 366 g/mol. The monoisotopic (exact) mass is 366 g/mol. The van der Waals surface area contributed by atoms with Gasteiger partial charge in [0.25, 0.3) is 0 Å². The number of fused-ring (bicyclic) bond motifs is 3. The van der Waals surface area contributed by atoms with E-state index >= 15 is 0 Å². The Morgan fingerprint density at radius 3 is 2.89 bits per heavy atom. The van der Waals surface area contributed by atoms with E-state index in [1.165, 1.54) is 10.9 Å². The van der Waals surface area contributed by atoms with Crippen LogP contribution in [0.5, 0.6) is 0 Å². The van der Waals surface area contributed by atoms with Crippen molar-refractivity contribution in [1.82, 2.24) is 20.5 Å². The highest BCUT2D eigenvalue weighted by Gasteiger charge is 2.23. The van der Waals surface area contributed by atoms with Crippen LogP contribution < -0.4 is 10.6 Å². The van der Waals surface area contributed by atoms with Gasteiger partial charge in [0.15, 0.2) is 0 Å². The van der Waals surface area contributed by atoms with E-state index in [9.17, 15) is 9.59 Å². The molecule has 0 saturated heterocycles. The summed E-state index contributed by atoms with van der Waals surface area (Å²) in [4.78, 5) is 29.4. The van der Waals surface area contributed by atoms with Crippen LogP contribution in [0.4, 0.5) is 4.79 Å². The molecular weight excluding hydrogens is 344 g/mol. The van der Waals surface area contributed by atoms with Crippen molar-refractivity contribution in [2.24, 2.45) is 0 Å². The van der Waals surface area contributed by atoms with Crippen molar-refractivity contribution in [3.8, 4) is 0 Å². The molecule has 7 nitrogen and oxygen atoms in total. The highest BCUT2D eigenvalue weighted by molar-refractivity contribution is 5.86. The summed E-state index contributed by atoms with van der Waals surface area (Å²) in [5.41, 5.74) is 3.45. The van der Waals surface area contributed by atoms with Crippen LogP contribution in [0.15, 0.2) is 47.1 Å². The molecule has 0 bridgehead atoms. The minimum atomic E-state index is -0.222. The molecule has 0 fully saturated rings. The van der Waals surface area contributed by atoms with Gasteiger partial charge in [0.1, 0.15) is 5.76 Å². The van der Waals surface area contributed by atoms with Crippen LogP contribution in [0.25, 0.3) is 10.9 Å². The van der Waals surface area contributed by atoms with Crippen LogP contribution in [0, 0.1) is 0 Å². The minimum absolute atomic E-state index is 0.0347. The fraction of sp³-hybridized carbons (Fsp3) is 0.300. The summed E-state index contributed by atoms with van der Waals surface area (Å²) in [6, 6.07) is 11.6. The number of para-hydroxylation sites is 1. The number of benzene rings is 1. The van der Waals surface area contributed by atoms with Gasteiger partial charge in [-0.15, -0.1) is 0 Å². The summed E-state index contributed by atoms with van der Waals surface area (Å²) in [5, 5.41) is 6.70. The molecule has 4 rings (SSSR count). The quantitative estimate of drug-likeness (QED) is 0.646. The van der Waals surface area contributed by atoms with Crippen molar-refractivity contribution in [3.63, 3.8) is 0 Å². The molecule has 2 aromatic heterocycles. The van der Waals surface area contributed by atoms with E-state index in [1.807, 2.05) is 30.3 Å². The SMILES string of the molecule is O=C(CNC(=O)N1CCc2c([nH]c3ccccc23)C1)NCCc1ccco1. The summed E-state index contributed by atoms with van der Waals surface area (Å²) in [6.45, 7) is 1.61. The Hall–Kier alpha value is -3.22. The Labute approximate surface area is 156 Å². The predicted molar refractivity (Wildman–Crippen MR) is 101 cm³/mol. The largest absolute Gasteiger partial charge is 0.469 e. The normalized spacial score (nSPS) is 13.4. The Morgan fingerprint density at radius 1 is 1.15 bits per heavy atom. The molecule has 7 heteroatoms. The summed E-state index contributed by atoms with van der Waals surface area (Å²) in [7, 11) is 0. The zero-order chi connectivity index (χ0) is 18.6. The van der Waals surface area contributed by atoms with Gasteiger partial charge in [-0.25, -0.2) is 4.79 Å². The summed E-state index contributed by atoms with van der Waals surface area (Å²) < 4.78 is 5.21. The Morgan fingerprint density at radius 2 is 2.04 bits per heavy atom. The lowest BCUT2D eigenvalue weighted by atomic mass is 10.0. The maximum Gasteiger partial charge on any atom is 0.318 e. The molecule has 0 saturated carbocycles. The van der Waals surface area contributed by atoms with E-state index in [1.54, 1.807) is 11.2 Å². The van der Waals surface area contributed by atoms with Crippen LogP contribution >= 0.6 is 0 Å². The molecule has 0 aliphatic carbocycles. The van der Waals surface area contributed by atoms with Gasteiger partial charge in [0.2, 0.25) is 5.91 Å². The zero-order valence-electron chi connectivity index (χ0n) is 15.0. The third kappa shape index (κ3) is 3.81. The number of aromatic nitrogens is 1. The molecule has 27 heavy (non-hydrogen) atoms. The first-order chi connectivity index (χ1) is 13.2. The van der Waals surface area contributed by atoms with Crippen molar-refractivity contribution in [2.45, 2.75) is 19.4 Å². The highest BCUT2D eigenvalue weighted by atomic mass is 16.3. The molecule has 1 aromatic carbocycles. The second-order valence-corrected chi connectivity index (χ2v) is 6.64. The van der Waals surface area contributed by atoms with E-state index in [4.69, 9.17) is 4.42 Å². The summed E-state index contributed by atoms with van der Waals surface area (Å²) >= 11 is 0. The van der Waals surface area contributed by atoms with E-state index < -0.39 is 0 Å². The fourth-order valence-corrected chi connectivity index (χ4v) is 3.48. The number of aromatic amines is 1. The van der Waals surface area contributed by atoms with Crippen molar-refractivity contribution in [1.29, 1.82) is 0 Å². The first kappa shape index (κ1) is 17.2. The molecule has 3 amide bonds. The van der Waals surface area contributed by atoms with Crippen LogP contribution in [0.3, 0.4) is 0 Å². The number of H-pyrrole nitrogens is 1. The minimum Gasteiger partial charge on any atom is -0.469 e. The number of carbonyl (C=O) groups excluding carboxylic acids is 2. The summed E-state index contributed by atoms with van der Waals surface area (Å²) in [5.74, 6) is 0.611. The van der Waals surface area contributed by atoms with Gasteiger partial charge in [-0.2, -0.15) is 0 Å². The molecule has 140 valence electrons. The Bertz CT molecular complexity index is 945. The number of rotatable bonds is 5. The number of urea groups is 1. The molecule has 3 heterocycles. The Kier molecular flexibility index (Phi) is 4.82. The molecule has 0 spiro atoms. The average Bonchev–Trinajstić information content (AvgIpc) is 3.33. The van der Waals surface area contributed by atoms with Crippen molar-refractivity contribution in [2.75, 3.05) is 19.6 Å². The van der Waals surface area contributed by atoms with Crippen LogP contribution in [0.1, 0.15) is 17.0 Å². The van der Waals surface area contributed by atoms with Crippen molar-refractivity contribution in [3.05, 3.63) is 59.7 Å². The number of carbonyl (C=O) groups is 2. The molecule has 3 N–H and O–H groups in total. The summed E-state index contributed by atoms with van der Waals surface area (Å²) in [6.07, 6.45) is 3.04. The lowest BCUT2D eigenvalue weighted by Gasteiger charge is -2.27. The van der Waals surface area contributed by atoms with Crippen molar-refractivity contribution < 1.29 is 14.0 Å². The lowest BCUT2D eigenvalue weighted by molar-refractivity contribution is -0.120. The number of nitrogens with one attached hydrogen (secondary N) is 3. The van der Waals surface area contributed by atoms with Gasteiger partial charge >= 0.3 is 6.03 Å². The van der Waals surface area contributed by atoms with Gasteiger partial charge in [0.05, 0.1) is 19.4 Å². The van der Waals surface area contributed by atoms with Crippen molar-refractivity contribution >= 4 is 22.8 Å². The highest BCUT2D eigenvalue weighted by Crippen LogP contribution is 2.27. The molecule has 0 radical (unpaired) electrons. The second kappa shape index (κ2) is 7.57. The molecule has 0 atom stereocenters. The van der Waals surface area contributed by atoms with Gasteiger partial charge in [-0.05, 0) is 30.2 Å². The second-order valence-electron chi connectivity index (χ2n) is 6.64. The van der Waals surface area contributed by atoms with Gasteiger partial charge < -0.3 is 24.9 Å². The molecule has 3 aromatic rings. The van der Waals surface area contributed by atoms with E-state index in [0.717, 1.165) is 23.4 Å². The van der Waals surface area contributed by atoms with Gasteiger partial charge in [-0.1, -0.05) is 18.2 Å². The number of hydrogen-bond donors (Lipinski definition) is 3. The maximum absolute atomic E-state index is 12.4. The van der Waals surface area contributed by atoms with Crippen LogP contribution in [-0.2, 0) is 24.2 Å². The Balaban J connectivity index is 1.26. The molecule has 0 unspecified atom stereocenters. The molecular formula is C20H22N4O3.